The first kappa shape index (κ1) is 17.9. The summed E-state index contributed by atoms with van der Waals surface area (Å²) in [6.45, 7) is 3.63. The topological polar surface area (TPSA) is 38.9 Å². The highest BCUT2D eigenvalue weighted by atomic mass is 32.1. The van der Waals surface area contributed by atoms with Crippen molar-refractivity contribution in [3.8, 4) is 11.3 Å². The second-order valence-electron chi connectivity index (χ2n) is 6.71. The van der Waals surface area contributed by atoms with Crippen molar-refractivity contribution >= 4 is 17.6 Å². The Morgan fingerprint density at radius 3 is 2.70 bits per heavy atom. The zero-order valence-corrected chi connectivity index (χ0v) is 16.2. The minimum atomic E-state index is 0.238. The predicted octanol–water partition coefficient (Wildman–Crippen LogP) is 4.49. The lowest BCUT2D eigenvalue weighted by Crippen LogP contribution is -2.17. The van der Waals surface area contributed by atoms with Crippen molar-refractivity contribution in [2.75, 3.05) is 13.2 Å². The summed E-state index contributed by atoms with van der Waals surface area (Å²) in [4.78, 5) is 5.70. The van der Waals surface area contributed by atoms with Crippen molar-refractivity contribution in [1.29, 1.82) is 0 Å². The van der Waals surface area contributed by atoms with E-state index in [9.17, 15) is 0 Å². The van der Waals surface area contributed by atoms with Crippen molar-refractivity contribution in [3.63, 3.8) is 0 Å². The maximum atomic E-state index is 5.71. The molecule has 0 radical (unpaired) electrons. The lowest BCUT2D eigenvalue weighted by molar-refractivity contribution is 0.117. The van der Waals surface area contributed by atoms with Gasteiger partial charge < -0.3 is 4.74 Å². The fraction of sp³-hybridized carbons (Fsp3) is 0.273. The van der Waals surface area contributed by atoms with E-state index in [1.807, 2.05) is 29.1 Å². The standard InChI is InChI=1S/C22H23N3OS/c1-17-9-11-18(12-10-17)14-24-25-21(19-6-3-2-4-7-19)16-27-22(25)23-15-20-8-5-13-26-20/h2-4,6-7,9-12,14,16,20H,5,8,13,15H2,1H3/b23-22?,24-14-/t20-/m0/s1. The van der Waals surface area contributed by atoms with Gasteiger partial charge in [0.2, 0.25) is 4.80 Å². The van der Waals surface area contributed by atoms with E-state index >= 15 is 0 Å². The molecule has 27 heavy (non-hydrogen) atoms. The monoisotopic (exact) mass is 377 g/mol. The average Bonchev–Trinajstić information content (AvgIpc) is 3.36. The van der Waals surface area contributed by atoms with Gasteiger partial charge in [-0.15, -0.1) is 11.3 Å². The molecule has 1 fully saturated rings. The van der Waals surface area contributed by atoms with Crippen molar-refractivity contribution in [2.45, 2.75) is 25.9 Å². The maximum Gasteiger partial charge on any atom is 0.206 e. The van der Waals surface area contributed by atoms with Gasteiger partial charge in [0, 0.05) is 17.6 Å². The highest BCUT2D eigenvalue weighted by Gasteiger charge is 2.15. The molecule has 0 unspecified atom stereocenters. The average molecular weight is 378 g/mol. The van der Waals surface area contributed by atoms with Crippen LogP contribution >= 0.6 is 11.3 Å². The lowest BCUT2D eigenvalue weighted by atomic mass is 10.2. The van der Waals surface area contributed by atoms with Crippen molar-refractivity contribution in [2.24, 2.45) is 10.1 Å². The molecule has 0 saturated carbocycles. The van der Waals surface area contributed by atoms with Crippen LogP contribution in [0, 0.1) is 6.92 Å². The molecular formula is C22H23N3OS. The molecular weight excluding hydrogens is 354 g/mol. The number of hydrogen-bond acceptors (Lipinski definition) is 4. The van der Waals surface area contributed by atoms with Gasteiger partial charge in [-0.25, -0.2) is 4.68 Å². The molecule has 1 aromatic heterocycles. The molecule has 4 rings (SSSR count). The molecule has 138 valence electrons. The molecule has 0 amide bonds. The van der Waals surface area contributed by atoms with Crippen molar-refractivity contribution in [3.05, 3.63) is 75.9 Å². The highest BCUT2D eigenvalue weighted by molar-refractivity contribution is 7.07. The first-order valence-electron chi connectivity index (χ1n) is 9.29. The Bertz CT molecular complexity index is 965. The van der Waals surface area contributed by atoms with Gasteiger partial charge in [0.1, 0.15) is 0 Å². The number of benzene rings is 2. The number of nitrogens with zero attached hydrogens (tertiary/aromatic N) is 3. The van der Waals surface area contributed by atoms with Gasteiger partial charge in [-0.3, -0.25) is 4.99 Å². The number of aromatic nitrogens is 1. The Morgan fingerprint density at radius 2 is 1.96 bits per heavy atom. The third-order valence-electron chi connectivity index (χ3n) is 4.61. The van der Waals surface area contributed by atoms with Gasteiger partial charge in [-0.1, -0.05) is 60.2 Å². The summed E-state index contributed by atoms with van der Waals surface area (Å²) in [5.41, 5.74) is 4.50. The van der Waals surface area contributed by atoms with E-state index in [1.54, 1.807) is 11.3 Å². The van der Waals surface area contributed by atoms with Crippen LogP contribution in [0.4, 0.5) is 0 Å². The Kier molecular flexibility index (Phi) is 5.61. The predicted molar refractivity (Wildman–Crippen MR) is 111 cm³/mol. The maximum absolute atomic E-state index is 5.71. The van der Waals surface area contributed by atoms with Crippen molar-refractivity contribution in [1.82, 2.24) is 4.68 Å². The van der Waals surface area contributed by atoms with Crippen LogP contribution in [0.5, 0.6) is 0 Å². The van der Waals surface area contributed by atoms with Crippen LogP contribution in [0.3, 0.4) is 0 Å². The molecule has 0 bridgehead atoms. The molecule has 1 aliphatic rings. The summed E-state index contributed by atoms with van der Waals surface area (Å²) in [5.74, 6) is 0. The van der Waals surface area contributed by atoms with E-state index in [-0.39, 0.29) is 6.10 Å². The second-order valence-corrected chi connectivity index (χ2v) is 7.55. The quantitative estimate of drug-likeness (QED) is 0.604. The molecule has 2 heterocycles. The molecule has 0 N–H and O–H groups in total. The summed E-state index contributed by atoms with van der Waals surface area (Å²) in [6.07, 6.45) is 4.35. The lowest BCUT2D eigenvalue weighted by Gasteiger charge is -2.05. The van der Waals surface area contributed by atoms with Crippen LogP contribution in [-0.4, -0.2) is 30.1 Å². The number of ether oxygens (including phenoxy) is 1. The van der Waals surface area contributed by atoms with E-state index in [1.165, 1.54) is 5.56 Å². The van der Waals surface area contributed by atoms with Crippen LogP contribution in [0.2, 0.25) is 0 Å². The molecule has 2 aromatic carbocycles. The summed E-state index contributed by atoms with van der Waals surface area (Å²) in [6, 6.07) is 18.7. The molecule has 0 aliphatic carbocycles. The Balaban J connectivity index is 1.69. The number of rotatable bonds is 5. The minimum absolute atomic E-state index is 0.238. The normalized spacial score (nSPS) is 17.8. The minimum Gasteiger partial charge on any atom is -0.376 e. The number of thiazole rings is 1. The third-order valence-corrected chi connectivity index (χ3v) is 5.46. The number of hydrogen-bond donors (Lipinski definition) is 0. The van der Waals surface area contributed by atoms with E-state index in [4.69, 9.17) is 14.8 Å². The first-order valence-corrected chi connectivity index (χ1v) is 10.2. The summed E-state index contributed by atoms with van der Waals surface area (Å²) in [7, 11) is 0. The van der Waals surface area contributed by atoms with Gasteiger partial charge in [0.15, 0.2) is 0 Å². The van der Waals surface area contributed by atoms with Gasteiger partial charge >= 0.3 is 0 Å². The molecule has 1 aliphatic heterocycles. The van der Waals surface area contributed by atoms with Crippen LogP contribution in [0.15, 0.2) is 70.1 Å². The van der Waals surface area contributed by atoms with Crippen LogP contribution in [-0.2, 0) is 4.74 Å². The van der Waals surface area contributed by atoms with Crippen LogP contribution in [0.25, 0.3) is 11.3 Å². The van der Waals surface area contributed by atoms with Crippen LogP contribution < -0.4 is 4.80 Å². The van der Waals surface area contributed by atoms with Gasteiger partial charge in [-0.05, 0) is 25.3 Å². The second kappa shape index (κ2) is 8.46. The SMILES string of the molecule is Cc1ccc(/C=N\n2c(-c3ccccc3)csc2=NC[C@@H]2CCCO2)cc1. The third kappa shape index (κ3) is 4.43. The molecule has 5 heteroatoms. The zero-order valence-electron chi connectivity index (χ0n) is 15.4. The Morgan fingerprint density at radius 1 is 1.15 bits per heavy atom. The summed E-state index contributed by atoms with van der Waals surface area (Å²) >= 11 is 1.62. The van der Waals surface area contributed by atoms with Gasteiger partial charge in [-0.2, -0.15) is 5.10 Å². The van der Waals surface area contributed by atoms with Crippen LogP contribution in [0.1, 0.15) is 24.0 Å². The molecule has 4 nitrogen and oxygen atoms in total. The Labute approximate surface area is 163 Å². The highest BCUT2D eigenvalue weighted by Crippen LogP contribution is 2.20. The fourth-order valence-corrected chi connectivity index (χ4v) is 3.92. The van der Waals surface area contributed by atoms with Gasteiger partial charge in [0.05, 0.1) is 24.6 Å². The van der Waals surface area contributed by atoms with E-state index in [0.717, 1.165) is 41.1 Å². The molecule has 1 atom stereocenters. The van der Waals surface area contributed by atoms with Crippen molar-refractivity contribution < 1.29 is 4.74 Å². The Hall–Kier alpha value is -2.50. The van der Waals surface area contributed by atoms with E-state index < -0.39 is 0 Å². The molecule has 3 aromatic rings. The molecule has 1 saturated heterocycles. The zero-order chi connectivity index (χ0) is 18.5. The fourth-order valence-electron chi connectivity index (χ4n) is 3.07. The van der Waals surface area contributed by atoms with Gasteiger partial charge in [0.25, 0.3) is 0 Å². The largest absolute Gasteiger partial charge is 0.376 e. The first-order chi connectivity index (χ1) is 13.3. The summed E-state index contributed by atoms with van der Waals surface area (Å²) < 4.78 is 7.65. The van der Waals surface area contributed by atoms with E-state index in [0.29, 0.717) is 6.54 Å². The smallest absolute Gasteiger partial charge is 0.206 e. The molecule has 0 spiro atoms. The van der Waals surface area contributed by atoms with E-state index in [2.05, 4.69) is 48.7 Å². The number of aryl methyl sites for hydroxylation is 1. The summed E-state index contributed by atoms with van der Waals surface area (Å²) in [5, 5.41) is 6.88.